The van der Waals surface area contributed by atoms with Gasteiger partial charge in [-0.15, -0.1) is 0 Å². The largest absolute Gasteiger partial charge is 0.459 e. The van der Waals surface area contributed by atoms with Crippen molar-refractivity contribution in [2.45, 2.75) is 44.2 Å². The van der Waals surface area contributed by atoms with E-state index < -0.39 is 6.04 Å². The first kappa shape index (κ1) is 16.1. The van der Waals surface area contributed by atoms with E-state index in [1.807, 2.05) is 0 Å². The third-order valence-corrected chi connectivity index (χ3v) is 5.03. The molecule has 0 aromatic carbocycles. The van der Waals surface area contributed by atoms with Gasteiger partial charge in [-0.1, -0.05) is 6.42 Å². The van der Waals surface area contributed by atoms with Crippen LogP contribution in [0.5, 0.6) is 0 Å². The van der Waals surface area contributed by atoms with E-state index in [2.05, 4.69) is 0 Å². The molecule has 3 atom stereocenters. The van der Waals surface area contributed by atoms with Gasteiger partial charge in [-0.3, -0.25) is 9.59 Å². The highest BCUT2D eigenvalue weighted by Crippen LogP contribution is 2.27. The molecule has 3 unspecified atom stereocenters. The van der Waals surface area contributed by atoms with Crippen molar-refractivity contribution in [2.75, 3.05) is 20.1 Å². The van der Waals surface area contributed by atoms with Crippen LogP contribution in [0.1, 0.15) is 42.7 Å². The molecule has 1 aromatic rings. The van der Waals surface area contributed by atoms with Gasteiger partial charge in [0.05, 0.1) is 12.4 Å². The first-order chi connectivity index (χ1) is 11.1. The number of aliphatic hydroxyl groups excluding tert-OH is 1. The minimum atomic E-state index is -0.420. The highest BCUT2D eigenvalue weighted by Gasteiger charge is 2.38. The van der Waals surface area contributed by atoms with Crippen molar-refractivity contribution in [3.05, 3.63) is 24.2 Å². The maximum atomic E-state index is 12.7. The molecule has 3 rings (SSSR count). The van der Waals surface area contributed by atoms with Gasteiger partial charge < -0.3 is 19.3 Å². The van der Waals surface area contributed by atoms with Gasteiger partial charge in [0.15, 0.2) is 5.76 Å². The van der Waals surface area contributed by atoms with Gasteiger partial charge in [0.25, 0.3) is 5.91 Å². The topological polar surface area (TPSA) is 74.0 Å². The summed E-state index contributed by atoms with van der Waals surface area (Å²) in [4.78, 5) is 28.5. The zero-order valence-corrected chi connectivity index (χ0v) is 13.5. The Hall–Kier alpha value is -1.82. The summed E-state index contributed by atoms with van der Waals surface area (Å²) in [5.74, 6) is 0.166. The molecule has 1 aliphatic carbocycles. The lowest BCUT2D eigenvalue weighted by molar-refractivity contribution is -0.134. The zero-order valence-electron chi connectivity index (χ0n) is 13.5. The average Bonchev–Trinajstić information content (AvgIpc) is 3.28. The van der Waals surface area contributed by atoms with Gasteiger partial charge in [-0.25, -0.2) is 0 Å². The molecule has 2 aliphatic rings. The smallest absolute Gasteiger partial charge is 0.290 e. The van der Waals surface area contributed by atoms with Crippen molar-refractivity contribution in [3.8, 4) is 0 Å². The standard InChI is InChI=1S/C17H24N2O4/c1-18(11-12-5-2-7-14(12)20)16(21)13-6-3-9-19(13)17(22)15-8-4-10-23-15/h4,8,10,12-14,20H,2-3,5-7,9,11H2,1H3. The van der Waals surface area contributed by atoms with Crippen LogP contribution in [0.4, 0.5) is 0 Å². The van der Waals surface area contributed by atoms with Gasteiger partial charge >= 0.3 is 0 Å². The van der Waals surface area contributed by atoms with Gasteiger partial charge in [-0.05, 0) is 37.8 Å². The molecule has 6 heteroatoms. The quantitative estimate of drug-likeness (QED) is 0.912. The third kappa shape index (κ3) is 3.27. The molecule has 2 heterocycles. The minimum absolute atomic E-state index is 0.0403. The van der Waals surface area contributed by atoms with Gasteiger partial charge in [-0.2, -0.15) is 0 Å². The van der Waals surface area contributed by atoms with Crippen LogP contribution in [0.3, 0.4) is 0 Å². The molecule has 1 aliphatic heterocycles. The number of likely N-dealkylation sites (tertiary alicyclic amines) is 1. The predicted molar refractivity (Wildman–Crippen MR) is 83.8 cm³/mol. The van der Waals surface area contributed by atoms with E-state index in [4.69, 9.17) is 4.42 Å². The molecule has 2 fully saturated rings. The van der Waals surface area contributed by atoms with Gasteiger partial charge in [0.2, 0.25) is 5.91 Å². The summed E-state index contributed by atoms with van der Waals surface area (Å²) in [6, 6.07) is 2.88. The number of carbonyl (C=O) groups excluding carboxylic acids is 2. The summed E-state index contributed by atoms with van der Waals surface area (Å²) in [6.07, 6.45) is 5.45. The molecule has 23 heavy (non-hydrogen) atoms. The Kier molecular flexibility index (Phi) is 4.71. The predicted octanol–water partition coefficient (Wildman–Crippen LogP) is 1.50. The molecular weight excluding hydrogens is 296 g/mol. The number of likely N-dealkylation sites (N-methyl/N-ethyl adjacent to an activating group) is 1. The van der Waals surface area contributed by atoms with Crippen LogP contribution >= 0.6 is 0 Å². The molecule has 2 amide bonds. The van der Waals surface area contributed by atoms with E-state index in [1.54, 1.807) is 29.0 Å². The third-order valence-electron chi connectivity index (χ3n) is 5.03. The van der Waals surface area contributed by atoms with Crippen LogP contribution in [0, 0.1) is 5.92 Å². The number of carbonyl (C=O) groups is 2. The molecular formula is C17H24N2O4. The van der Waals surface area contributed by atoms with E-state index in [1.165, 1.54) is 6.26 Å². The van der Waals surface area contributed by atoms with E-state index >= 15 is 0 Å². The molecule has 126 valence electrons. The molecule has 6 nitrogen and oxygen atoms in total. The second-order valence-corrected chi connectivity index (χ2v) is 6.61. The highest BCUT2D eigenvalue weighted by atomic mass is 16.3. The fourth-order valence-electron chi connectivity index (χ4n) is 3.73. The molecule has 1 aromatic heterocycles. The van der Waals surface area contributed by atoms with Crippen LogP contribution in [0.25, 0.3) is 0 Å². The number of furan rings is 1. The molecule has 0 radical (unpaired) electrons. The van der Waals surface area contributed by atoms with Crippen LogP contribution in [-0.2, 0) is 4.79 Å². The Morgan fingerprint density at radius 1 is 1.35 bits per heavy atom. The Bertz CT molecular complexity index is 557. The molecule has 1 N–H and O–H groups in total. The van der Waals surface area contributed by atoms with Crippen molar-refractivity contribution in [2.24, 2.45) is 5.92 Å². The summed E-state index contributed by atoms with van der Waals surface area (Å²) >= 11 is 0. The number of rotatable bonds is 4. The monoisotopic (exact) mass is 320 g/mol. The molecule has 1 saturated carbocycles. The van der Waals surface area contributed by atoms with E-state index in [0.29, 0.717) is 19.5 Å². The normalized spacial score (nSPS) is 27.4. The maximum absolute atomic E-state index is 12.7. The summed E-state index contributed by atoms with van der Waals surface area (Å²) < 4.78 is 5.17. The fraction of sp³-hybridized carbons (Fsp3) is 0.647. The number of nitrogens with zero attached hydrogens (tertiary/aromatic N) is 2. The first-order valence-corrected chi connectivity index (χ1v) is 8.35. The number of hydrogen-bond donors (Lipinski definition) is 1. The maximum Gasteiger partial charge on any atom is 0.290 e. The highest BCUT2D eigenvalue weighted by molar-refractivity contribution is 5.95. The van der Waals surface area contributed by atoms with E-state index in [9.17, 15) is 14.7 Å². The lowest BCUT2D eigenvalue weighted by atomic mass is 10.0. The molecule has 0 bridgehead atoms. The number of hydrogen-bond acceptors (Lipinski definition) is 4. The fourth-order valence-corrected chi connectivity index (χ4v) is 3.73. The lowest BCUT2D eigenvalue weighted by Gasteiger charge is -2.29. The van der Waals surface area contributed by atoms with Crippen molar-refractivity contribution >= 4 is 11.8 Å². The molecule has 1 saturated heterocycles. The Morgan fingerprint density at radius 2 is 2.17 bits per heavy atom. The van der Waals surface area contributed by atoms with Crippen molar-refractivity contribution in [3.63, 3.8) is 0 Å². The van der Waals surface area contributed by atoms with Gasteiger partial charge in [0.1, 0.15) is 6.04 Å². The zero-order chi connectivity index (χ0) is 16.4. The van der Waals surface area contributed by atoms with E-state index in [-0.39, 0.29) is 29.6 Å². The van der Waals surface area contributed by atoms with Crippen LogP contribution in [0.2, 0.25) is 0 Å². The number of aliphatic hydroxyl groups is 1. The second-order valence-electron chi connectivity index (χ2n) is 6.61. The summed E-state index contributed by atoms with van der Waals surface area (Å²) in [5, 5.41) is 9.94. The second kappa shape index (κ2) is 6.74. The van der Waals surface area contributed by atoms with Crippen molar-refractivity contribution in [1.29, 1.82) is 0 Å². The first-order valence-electron chi connectivity index (χ1n) is 8.35. The number of amides is 2. The summed E-state index contributed by atoms with van der Waals surface area (Å²) in [5.41, 5.74) is 0. The van der Waals surface area contributed by atoms with Crippen LogP contribution < -0.4 is 0 Å². The van der Waals surface area contributed by atoms with Crippen molar-refractivity contribution in [1.82, 2.24) is 9.80 Å². The Balaban J connectivity index is 1.64. The SMILES string of the molecule is CN(CC1CCCC1O)C(=O)C1CCCN1C(=O)c1ccco1. The van der Waals surface area contributed by atoms with E-state index in [0.717, 1.165) is 25.7 Å². The minimum Gasteiger partial charge on any atom is -0.459 e. The summed E-state index contributed by atoms with van der Waals surface area (Å²) in [7, 11) is 1.77. The van der Waals surface area contributed by atoms with Crippen LogP contribution in [-0.4, -0.2) is 59.0 Å². The van der Waals surface area contributed by atoms with Crippen LogP contribution in [0.15, 0.2) is 22.8 Å². The Morgan fingerprint density at radius 3 is 2.83 bits per heavy atom. The van der Waals surface area contributed by atoms with Crippen molar-refractivity contribution < 1.29 is 19.1 Å². The lowest BCUT2D eigenvalue weighted by Crippen LogP contribution is -2.48. The van der Waals surface area contributed by atoms with Gasteiger partial charge in [0, 0.05) is 26.1 Å². The molecule has 0 spiro atoms. The Labute approximate surface area is 136 Å². The average molecular weight is 320 g/mol. The summed E-state index contributed by atoms with van der Waals surface area (Å²) in [6.45, 7) is 1.13.